The van der Waals surface area contributed by atoms with Crippen molar-refractivity contribution in [1.82, 2.24) is 0 Å². The second-order valence-electron chi connectivity index (χ2n) is 5.25. The molecule has 0 aliphatic carbocycles. The Morgan fingerprint density at radius 3 is 2.60 bits per heavy atom. The molecule has 0 saturated carbocycles. The van der Waals surface area contributed by atoms with Crippen molar-refractivity contribution in [3.8, 4) is 5.75 Å². The smallest absolute Gasteiger partial charge is 0.144 e. The minimum atomic E-state index is -0.307. The Morgan fingerprint density at radius 2 is 2.00 bits per heavy atom. The molecule has 0 unspecified atom stereocenters. The number of halogens is 2. The Bertz CT molecular complexity index is 476. The predicted molar refractivity (Wildman–Crippen MR) is 83.0 cm³/mol. The van der Waals surface area contributed by atoms with Crippen LogP contribution in [0.25, 0.3) is 0 Å². The van der Waals surface area contributed by atoms with Crippen molar-refractivity contribution >= 4 is 29.0 Å². The van der Waals surface area contributed by atoms with Gasteiger partial charge in [0.25, 0.3) is 0 Å². The topological polar surface area (TPSA) is 67.8 Å². The van der Waals surface area contributed by atoms with Gasteiger partial charge in [0.2, 0.25) is 0 Å². The molecule has 1 rings (SSSR count). The summed E-state index contributed by atoms with van der Waals surface area (Å²) in [4.78, 5) is 0. The van der Waals surface area contributed by atoms with Gasteiger partial charge in [0.05, 0.1) is 16.7 Å². The summed E-state index contributed by atoms with van der Waals surface area (Å²) >= 11 is 11.7. The van der Waals surface area contributed by atoms with Crippen LogP contribution in [-0.4, -0.2) is 17.6 Å². The van der Waals surface area contributed by atoms with Crippen LogP contribution in [0.1, 0.15) is 33.1 Å². The van der Waals surface area contributed by atoms with Crippen molar-refractivity contribution in [2.24, 2.45) is 16.3 Å². The van der Waals surface area contributed by atoms with Gasteiger partial charge in [-0.1, -0.05) is 42.2 Å². The van der Waals surface area contributed by atoms with Crippen LogP contribution in [0.5, 0.6) is 5.75 Å². The van der Waals surface area contributed by atoms with Crippen molar-refractivity contribution in [2.45, 2.75) is 33.1 Å². The van der Waals surface area contributed by atoms with Crippen LogP contribution in [0.4, 0.5) is 0 Å². The normalized spacial score (nSPS) is 12.5. The van der Waals surface area contributed by atoms with E-state index in [1.807, 2.05) is 13.8 Å². The molecule has 6 heteroatoms. The summed E-state index contributed by atoms with van der Waals surface area (Å²) in [5.41, 5.74) is 5.32. The van der Waals surface area contributed by atoms with Gasteiger partial charge >= 0.3 is 0 Å². The summed E-state index contributed by atoms with van der Waals surface area (Å²) in [6.07, 6.45) is 2.63. The second kappa shape index (κ2) is 7.60. The van der Waals surface area contributed by atoms with Gasteiger partial charge in [-0.05, 0) is 31.4 Å². The van der Waals surface area contributed by atoms with Crippen LogP contribution < -0.4 is 10.5 Å². The molecule has 0 bridgehead atoms. The maximum Gasteiger partial charge on any atom is 0.144 e. The van der Waals surface area contributed by atoms with Crippen LogP contribution in [0.2, 0.25) is 10.0 Å². The first-order chi connectivity index (χ1) is 9.36. The quantitative estimate of drug-likeness (QED) is 0.259. The third-order valence-electron chi connectivity index (χ3n) is 3.16. The third-order valence-corrected chi connectivity index (χ3v) is 3.90. The van der Waals surface area contributed by atoms with Gasteiger partial charge < -0.3 is 15.7 Å². The van der Waals surface area contributed by atoms with E-state index in [0.29, 0.717) is 22.4 Å². The lowest BCUT2D eigenvalue weighted by Gasteiger charge is -2.22. The molecule has 4 nitrogen and oxygen atoms in total. The molecule has 0 radical (unpaired) electrons. The number of hydrogen-bond donors (Lipinski definition) is 2. The van der Waals surface area contributed by atoms with E-state index in [4.69, 9.17) is 38.9 Å². The maximum atomic E-state index is 8.69. The predicted octanol–water partition coefficient (Wildman–Crippen LogP) is 4.32. The molecule has 0 heterocycles. The molecule has 0 amide bonds. The molecular formula is C14H20Cl2N2O2. The Hall–Kier alpha value is -1.13. The molecule has 3 N–H and O–H groups in total. The van der Waals surface area contributed by atoms with Gasteiger partial charge in [-0.2, -0.15) is 0 Å². The molecule has 0 fully saturated rings. The number of hydrogen-bond acceptors (Lipinski definition) is 3. The van der Waals surface area contributed by atoms with Crippen molar-refractivity contribution in [3.63, 3.8) is 0 Å². The standard InChI is InChI=1S/C14H20Cl2N2O2/c1-14(2,13(17)18-19)7-3-4-8-20-10-5-6-11(15)12(16)9-10/h5-6,9,19H,3-4,7-8H2,1-2H3,(H2,17,18). The Balaban J connectivity index is 2.30. The molecular weight excluding hydrogens is 299 g/mol. The highest BCUT2D eigenvalue weighted by atomic mass is 35.5. The highest BCUT2D eigenvalue weighted by molar-refractivity contribution is 6.42. The minimum Gasteiger partial charge on any atom is -0.494 e. The highest BCUT2D eigenvalue weighted by Crippen LogP contribution is 2.27. The number of ether oxygens (including phenoxy) is 1. The van der Waals surface area contributed by atoms with Gasteiger partial charge in [-0.3, -0.25) is 0 Å². The third kappa shape index (κ3) is 5.10. The zero-order valence-corrected chi connectivity index (χ0v) is 13.2. The largest absolute Gasteiger partial charge is 0.494 e. The fourth-order valence-electron chi connectivity index (χ4n) is 1.69. The lowest BCUT2D eigenvalue weighted by atomic mass is 9.86. The number of amidine groups is 1. The molecule has 20 heavy (non-hydrogen) atoms. The lowest BCUT2D eigenvalue weighted by Crippen LogP contribution is -2.31. The van der Waals surface area contributed by atoms with E-state index in [2.05, 4.69) is 5.16 Å². The summed E-state index contributed by atoms with van der Waals surface area (Å²) in [5, 5.41) is 12.7. The number of oxime groups is 1. The van der Waals surface area contributed by atoms with Gasteiger partial charge in [0.15, 0.2) is 0 Å². The van der Waals surface area contributed by atoms with Crippen LogP contribution >= 0.6 is 23.2 Å². The van der Waals surface area contributed by atoms with Crippen molar-refractivity contribution in [1.29, 1.82) is 0 Å². The van der Waals surface area contributed by atoms with Crippen LogP contribution in [0.3, 0.4) is 0 Å². The van der Waals surface area contributed by atoms with E-state index >= 15 is 0 Å². The molecule has 1 aromatic rings. The SMILES string of the molecule is CC(C)(CCCCOc1ccc(Cl)c(Cl)c1)/C(N)=N/O. The van der Waals surface area contributed by atoms with E-state index < -0.39 is 0 Å². The Kier molecular flexibility index (Phi) is 6.43. The zero-order chi connectivity index (χ0) is 15.2. The molecule has 0 atom stereocenters. The monoisotopic (exact) mass is 318 g/mol. The van der Waals surface area contributed by atoms with Gasteiger partial charge in [-0.25, -0.2) is 0 Å². The zero-order valence-electron chi connectivity index (χ0n) is 11.7. The number of nitrogens with zero attached hydrogens (tertiary/aromatic N) is 1. The van der Waals surface area contributed by atoms with Crippen LogP contribution in [0.15, 0.2) is 23.4 Å². The Morgan fingerprint density at radius 1 is 1.30 bits per heavy atom. The lowest BCUT2D eigenvalue weighted by molar-refractivity contribution is 0.288. The first-order valence-corrected chi connectivity index (χ1v) is 7.18. The average molecular weight is 319 g/mol. The number of nitrogens with two attached hydrogens (primary N) is 1. The van der Waals surface area contributed by atoms with Crippen molar-refractivity contribution < 1.29 is 9.94 Å². The van der Waals surface area contributed by atoms with E-state index in [1.165, 1.54) is 0 Å². The molecule has 0 aliphatic rings. The van der Waals surface area contributed by atoms with Gasteiger partial charge in [-0.15, -0.1) is 0 Å². The van der Waals surface area contributed by atoms with E-state index in [9.17, 15) is 0 Å². The van der Waals surface area contributed by atoms with E-state index in [0.717, 1.165) is 19.3 Å². The molecule has 1 aromatic carbocycles. The molecule has 0 saturated heterocycles. The second-order valence-corrected chi connectivity index (χ2v) is 6.07. The Labute approximate surface area is 129 Å². The average Bonchev–Trinajstić information content (AvgIpc) is 2.41. The molecule has 0 aromatic heterocycles. The first kappa shape index (κ1) is 16.9. The van der Waals surface area contributed by atoms with Gasteiger partial charge in [0.1, 0.15) is 11.6 Å². The van der Waals surface area contributed by atoms with Crippen molar-refractivity contribution in [2.75, 3.05) is 6.61 Å². The maximum absolute atomic E-state index is 8.69. The molecule has 112 valence electrons. The van der Waals surface area contributed by atoms with Gasteiger partial charge in [0, 0.05) is 11.5 Å². The number of rotatable bonds is 7. The fourth-order valence-corrected chi connectivity index (χ4v) is 1.98. The first-order valence-electron chi connectivity index (χ1n) is 6.42. The summed E-state index contributed by atoms with van der Waals surface area (Å²) in [6, 6.07) is 5.19. The van der Waals surface area contributed by atoms with Crippen LogP contribution in [0, 0.1) is 5.41 Å². The van der Waals surface area contributed by atoms with Crippen LogP contribution in [-0.2, 0) is 0 Å². The highest BCUT2D eigenvalue weighted by Gasteiger charge is 2.22. The fraction of sp³-hybridized carbons (Fsp3) is 0.500. The summed E-state index contributed by atoms with van der Waals surface area (Å²) in [7, 11) is 0. The summed E-state index contributed by atoms with van der Waals surface area (Å²) in [5.74, 6) is 0.956. The summed E-state index contributed by atoms with van der Waals surface area (Å²) in [6.45, 7) is 4.48. The van der Waals surface area contributed by atoms with Crippen molar-refractivity contribution in [3.05, 3.63) is 28.2 Å². The van der Waals surface area contributed by atoms with E-state index in [-0.39, 0.29) is 11.3 Å². The molecule has 0 aliphatic heterocycles. The number of benzene rings is 1. The summed E-state index contributed by atoms with van der Waals surface area (Å²) < 4.78 is 5.59. The minimum absolute atomic E-state index is 0.253. The number of unbranched alkanes of at least 4 members (excludes halogenated alkanes) is 1. The molecule has 0 spiro atoms. The van der Waals surface area contributed by atoms with E-state index in [1.54, 1.807) is 18.2 Å².